The number of oxazole rings is 1. The van der Waals surface area contributed by atoms with Gasteiger partial charge in [0, 0.05) is 11.8 Å². The van der Waals surface area contributed by atoms with Gasteiger partial charge in [-0.2, -0.15) is 11.8 Å². The molecule has 0 atom stereocenters. The van der Waals surface area contributed by atoms with Crippen LogP contribution in [0.4, 0.5) is 4.39 Å². The molecule has 1 aliphatic rings. The van der Waals surface area contributed by atoms with Crippen LogP contribution in [0.15, 0.2) is 28.7 Å². The molecular weight excluding hydrogens is 439 g/mol. The number of carbonyl (C=O) groups is 1. The molecule has 1 aromatic heterocycles. The monoisotopic (exact) mass is 468 g/mol. The Hall–Kier alpha value is -1.87. The lowest BCUT2D eigenvalue weighted by molar-refractivity contribution is -0.118. The van der Waals surface area contributed by atoms with Crippen molar-refractivity contribution in [1.82, 2.24) is 10.3 Å². The number of hydrogen-bond acceptors (Lipinski definition) is 6. The van der Waals surface area contributed by atoms with E-state index < -0.39 is 33.1 Å². The molecule has 0 aliphatic heterocycles. The van der Waals surface area contributed by atoms with Crippen LogP contribution in [0.25, 0.3) is 11.5 Å². The Kier molecular flexibility index (Phi) is 8.54. The summed E-state index contributed by atoms with van der Waals surface area (Å²) in [6.45, 7) is 2.04. The fourth-order valence-electron chi connectivity index (χ4n) is 3.60. The first-order valence-corrected chi connectivity index (χ1v) is 13.5. The number of aryl methyl sites for hydroxylation is 1. The molecule has 6 nitrogen and oxygen atoms in total. The molecule has 3 rings (SSSR count). The molecule has 1 amide bonds. The van der Waals surface area contributed by atoms with Crippen LogP contribution >= 0.6 is 11.8 Å². The van der Waals surface area contributed by atoms with Gasteiger partial charge in [0.05, 0.1) is 17.0 Å². The lowest BCUT2D eigenvalue weighted by Crippen LogP contribution is -2.32. The second-order valence-electron chi connectivity index (χ2n) is 7.87. The zero-order chi connectivity index (χ0) is 22.3. The molecule has 0 unspecified atom stereocenters. The van der Waals surface area contributed by atoms with Crippen LogP contribution in [-0.4, -0.2) is 42.6 Å². The van der Waals surface area contributed by atoms with Crippen molar-refractivity contribution >= 4 is 27.5 Å². The fourth-order valence-corrected chi connectivity index (χ4v) is 6.20. The van der Waals surface area contributed by atoms with Crippen molar-refractivity contribution in [3.05, 3.63) is 41.5 Å². The molecule has 1 N–H and O–H groups in total. The van der Waals surface area contributed by atoms with Crippen molar-refractivity contribution in [3.8, 4) is 11.5 Å². The van der Waals surface area contributed by atoms with E-state index in [2.05, 4.69) is 10.3 Å². The SMILES string of the molecule is Cc1oc(-c2ccccc2F)nc1CS(=O)(=O)CC(=O)NCCCSC1CCCCC1. The number of halogens is 1. The summed E-state index contributed by atoms with van der Waals surface area (Å²) in [5.41, 5.74) is 0.355. The van der Waals surface area contributed by atoms with E-state index >= 15 is 0 Å². The smallest absolute Gasteiger partial charge is 0.235 e. The number of amides is 1. The number of hydrogen-bond donors (Lipinski definition) is 1. The normalized spacial score (nSPS) is 15.2. The fraction of sp³-hybridized carbons (Fsp3) is 0.545. The van der Waals surface area contributed by atoms with Gasteiger partial charge in [0.1, 0.15) is 17.3 Å². The second-order valence-corrected chi connectivity index (χ2v) is 11.3. The average Bonchev–Trinajstić information content (AvgIpc) is 3.07. The maximum absolute atomic E-state index is 13.9. The lowest BCUT2D eigenvalue weighted by Gasteiger charge is -2.20. The van der Waals surface area contributed by atoms with Crippen LogP contribution in [0.1, 0.15) is 50.0 Å². The van der Waals surface area contributed by atoms with Crippen LogP contribution in [0.2, 0.25) is 0 Å². The molecule has 0 bridgehead atoms. The topological polar surface area (TPSA) is 89.3 Å². The number of benzene rings is 1. The molecule has 0 spiro atoms. The van der Waals surface area contributed by atoms with Gasteiger partial charge in [-0.15, -0.1) is 0 Å². The molecule has 1 heterocycles. The molecule has 1 fully saturated rings. The minimum absolute atomic E-state index is 0.0284. The number of sulfone groups is 1. The first-order chi connectivity index (χ1) is 14.8. The molecule has 2 aromatic rings. The van der Waals surface area contributed by atoms with Crippen molar-refractivity contribution < 1.29 is 22.0 Å². The van der Waals surface area contributed by atoms with E-state index in [9.17, 15) is 17.6 Å². The third-order valence-electron chi connectivity index (χ3n) is 5.25. The summed E-state index contributed by atoms with van der Waals surface area (Å²) < 4.78 is 44.3. The van der Waals surface area contributed by atoms with Crippen LogP contribution in [0.3, 0.4) is 0 Å². The Morgan fingerprint density at radius 3 is 2.74 bits per heavy atom. The maximum Gasteiger partial charge on any atom is 0.235 e. The van der Waals surface area contributed by atoms with E-state index in [0.717, 1.165) is 17.4 Å². The first kappa shape index (κ1) is 23.8. The van der Waals surface area contributed by atoms with Crippen molar-refractivity contribution in [2.75, 3.05) is 18.1 Å². The van der Waals surface area contributed by atoms with Gasteiger partial charge in [-0.05, 0) is 44.1 Å². The Labute approximate surface area is 187 Å². The number of thioether (sulfide) groups is 1. The van der Waals surface area contributed by atoms with Gasteiger partial charge in [-0.3, -0.25) is 4.79 Å². The van der Waals surface area contributed by atoms with Crippen LogP contribution < -0.4 is 5.32 Å². The van der Waals surface area contributed by atoms with Crippen molar-refractivity contribution in [2.45, 2.75) is 56.5 Å². The zero-order valence-electron chi connectivity index (χ0n) is 17.7. The predicted octanol–water partition coefficient (Wildman–Crippen LogP) is 4.28. The summed E-state index contributed by atoms with van der Waals surface area (Å²) >= 11 is 1.95. The number of aromatic nitrogens is 1. The molecule has 9 heteroatoms. The highest BCUT2D eigenvalue weighted by Gasteiger charge is 2.23. The molecular formula is C22H29FN2O4S2. The molecule has 0 saturated heterocycles. The van der Waals surface area contributed by atoms with Gasteiger partial charge in [0.2, 0.25) is 11.8 Å². The van der Waals surface area contributed by atoms with Gasteiger partial charge >= 0.3 is 0 Å². The number of nitrogens with one attached hydrogen (secondary N) is 1. The number of rotatable bonds is 10. The molecule has 1 aromatic carbocycles. The minimum Gasteiger partial charge on any atom is -0.441 e. The van der Waals surface area contributed by atoms with Crippen LogP contribution in [-0.2, 0) is 20.4 Å². The summed E-state index contributed by atoms with van der Waals surface area (Å²) in [5, 5.41) is 3.42. The van der Waals surface area contributed by atoms with Crippen LogP contribution in [0.5, 0.6) is 0 Å². The van der Waals surface area contributed by atoms with E-state index in [1.54, 1.807) is 19.1 Å². The molecule has 31 heavy (non-hydrogen) atoms. The number of carbonyl (C=O) groups excluding carboxylic acids is 1. The summed E-state index contributed by atoms with van der Waals surface area (Å²) in [5.74, 6) is -0.763. The predicted molar refractivity (Wildman–Crippen MR) is 121 cm³/mol. The highest BCUT2D eigenvalue weighted by Crippen LogP contribution is 2.28. The van der Waals surface area contributed by atoms with E-state index in [-0.39, 0.29) is 17.1 Å². The van der Waals surface area contributed by atoms with E-state index in [1.165, 1.54) is 44.2 Å². The zero-order valence-corrected chi connectivity index (χ0v) is 19.4. The third kappa shape index (κ3) is 7.35. The Bertz CT molecular complexity index is 985. The van der Waals surface area contributed by atoms with E-state index in [4.69, 9.17) is 4.42 Å². The highest BCUT2D eigenvalue weighted by atomic mass is 32.2. The molecule has 1 saturated carbocycles. The summed E-state index contributed by atoms with van der Waals surface area (Å²) in [4.78, 5) is 16.2. The quantitative estimate of drug-likeness (QED) is 0.524. The summed E-state index contributed by atoms with van der Waals surface area (Å²) in [6.07, 6.45) is 7.31. The van der Waals surface area contributed by atoms with Gasteiger partial charge in [0.15, 0.2) is 9.84 Å². The maximum atomic E-state index is 13.9. The number of nitrogens with zero attached hydrogens (tertiary/aromatic N) is 1. The van der Waals surface area contributed by atoms with Crippen LogP contribution in [0, 0.1) is 12.7 Å². The van der Waals surface area contributed by atoms with Gasteiger partial charge in [-0.25, -0.2) is 17.8 Å². The average molecular weight is 469 g/mol. The Morgan fingerprint density at radius 1 is 1.26 bits per heavy atom. The first-order valence-electron chi connectivity index (χ1n) is 10.6. The van der Waals surface area contributed by atoms with E-state index in [1.807, 2.05) is 11.8 Å². The van der Waals surface area contributed by atoms with Crippen molar-refractivity contribution in [3.63, 3.8) is 0 Å². The summed E-state index contributed by atoms with van der Waals surface area (Å²) in [7, 11) is -3.73. The largest absolute Gasteiger partial charge is 0.441 e. The van der Waals surface area contributed by atoms with Crippen molar-refractivity contribution in [2.24, 2.45) is 0 Å². The van der Waals surface area contributed by atoms with Gasteiger partial charge in [-0.1, -0.05) is 31.4 Å². The van der Waals surface area contributed by atoms with Gasteiger partial charge in [0.25, 0.3) is 0 Å². The van der Waals surface area contributed by atoms with Gasteiger partial charge < -0.3 is 9.73 Å². The standard InChI is InChI=1S/C22H29FN2O4S2/c1-16-20(25-22(29-16)18-10-5-6-11-19(18)23)14-31(27,28)15-21(26)24-12-7-13-30-17-8-3-2-4-9-17/h5-6,10-11,17H,2-4,7-9,12-15H2,1H3,(H,24,26). The Balaban J connectivity index is 1.45. The van der Waals surface area contributed by atoms with E-state index in [0.29, 0.717) is 12.3 Å². The Morgan fingerprint density at radius 2 is 2.00 bits per heavy atom. The molecule has 0 radical (unpaired) electrons. The summed E-state index contributed by atoms with van der Waals surface area (Å²) in [6, 6.07) is 5.99. The second kappa shape index (κ2) is 11.1. The minimum atomic E-state index is -3.73. The lowest BCUT2D eigenvalue weighted by atomic mass is 10.0. The third-order valence-corrected chi connectivity index (χ3v) is 8.14. The van der Waals surface area contributed by atoms with Crippen molar-refractivity contribution in [1.29, 1.82) is 0 Å². The highest BCUT2D eigenvalue weighted by molar-refractivity contribution is 7.99. The molecule has 1 aliphatic carbocycles. The molecule has 170 valence electrons.